The molecule has 4 heteroatoms. The lowest BCUT2D eigenvalue weighted by Gasteiger charge is -2.23. The molecule has 2 aliphatic carbocycles. The van der Waals surface area contributed by atoms with Gasteiger partial charge >= 0.3 is 5.97 Å². The molecule has 1 N–H and O–H groups in total. The Bertz CT molecular complexity index is 416. The van der Waals surface area contributed by atoms with Gasteiger partial charge in [0.05, 0.1) is 13.7 Å². The van der Waals surface area contributed by atoms with E-state index in [0.29, 0.717) is 18.9 Å². The lowest BCUT2D eigenvalue weighted by molar-refractivity contribution is -0.145. The number of hydrogen-bond donors (Lipinski definition) is 1. The highest BCUT2D eigenvalue weighted by molar-refractivity contribution is 5.76. The molecule has 4 nitrogen and oxygen atoms in total. The van der Waals surface area contributed by atoms with Gasteiger partial charge in [-0.3, -0.25) is 10.1 Å². The second-order valence-corrected chi connectivity index (χ2v) is 4.30. The predicted molar refractivity (Wildman–Crippen MR) is 68.8 cm³/mol. The van der Waals surface area contributed by atoms with Crippen LogP contribution in [0, 0.1) is 0 Å². The topological polar surface area (TPSA) is 47.6 Å². The summed E-state index contributed by atoms with van der Waals surface area (Å²) < 4.78 is 9.57. The van der Waals surface area contributed by atoms with E-state index in [9.17, 15) is 4.79 Å². The van der Waals surface area contributed by atoms with Gasteiger partial charge < -0.3 is 9.47 Å². The lowest BCUT2D eigenvalue weighted by Crippen LogP contribution is -2.46. The third-order valence-electron chi connectivity index (χ3n) is 2.92. The van der Waals surface area contributed by atoms with E-state index in [1.54, 1.807) is 0 Å². The molecule has 1 heterocycles. The number of morpholine rings is 1. The van der Waals surface area contributed by atoms with Crippen molar-refractivity contribution in [3.8, 4) is 0 Å². The minimum atomic E-state index is -0.342. The summed E-state index contributed by atoms with van der Waals surface area (Å²) in [5.74, 6) is 0.364. The molecular weight excluding hydrogens is 230 g/mol. The molecule has 18 heavy (non-hydrogen) atoms. The Labute approximate surface area is 107 Å². The number of carbonyl (C=O) groups excluding carboxylic acids is 1. The minimum Gasteiger partial charge on any atom is -0.495 e. The van der Waals surface area contributed by atoms with E-state index in [-0.39, 0.29) is 12.0 Å². The molecule has 1 aliphatic heterocycles. The van der Waals surface area contributed by atoms with Crippen molar-refractivity contribution in [3.63, 3.8) is 0 Å². The van der Waals surface area contributed by atoms with Gasteiger partial charge in [-0.2, -0.15) is 0 Å². The van der Waals surface area contributed by atoms with Crippen LogP contribution >= 0.6 is 0 Å². The average Bonchev–Trinajstić information content (AvgIpc) is 3.04. The number of allylic oxidation sites excluding steroid dienone is 6. The predicted octanol–water partition coefficient (Wildman–Crippen LogP) is 1.47. The zero-order chi connectivity index (χ0) is 13.0. The van der Waals surface area contributed by atoms with Gasteiger partial charge in [0.25, 0.3) is 0 Å². The summed E-state index contributed by atoms with van der Waals surface area (Å²) in [6.07, 6.45) is 9.90. The second kappa shape index (κ2) is 5.69. The van der Waals surface area contributed by atoms with E-state index in [1.807, 2.05) is 0 Å². The second-order valence-electron chi connectivity index (χ2n) is 4.30. The van der Waals surface area contributed by atoms with E-state index in [2.05, 4.69) is 40.9 Å². The van der Waals surface area contributed by atoms with Crippen molar-refractivity contribution >= 4 is 5.97 Å². The molecule has 0 aromatic heterocycles. The van der Waals surface area contributed by atoms with Crippen LogP contribution in [0.1, 0.15) is 6.42 Å². The van der Waals surface area contributed by atoms with Gasteiger partial charge in [0, 0.05) is 0 Å². The fourth-order valence-corrected chi connectivity index (χ4v) is 1.85. The van der Waals surface area contributed by atoms with Crippen LogP contribution < -0.4 is 5.32 Å². The maximum atomic E-state index is 10.9. The molecule has 0 saturated carbocycles. The van der Waals surface area contributed by atoms with Gasteiger partial charge in [-0.15, -0.1) is 0 Å². The summed E-state index contributed by atoms with van der Waals surface area (Å²) in [6, 6.07) is -0.342. The van der Waals surface area contributed by atoms with Crippen molar-refractivity contribution in [3.05, 3.63) is 47.8 Å². The maximum absolute atomic E-state index is 10.9. The van der Waals surface area contributed by atoms with Crippen LogP contribution in [0.4, 0.5) is 0 Å². The highest BCUT2D eigenvalue weighted by Crippen LogP contribution is 2.27. The van der Waals surface area contributed by atoms with Crippen LogP contribution in [0.3, 0.4) is 0 Å². The van der Waals surface area contributed by atoms with Crippen LogP contribution in [0.25, 0.3) is 0 Å². The molecular formula is C14H17NO3. The summed E-state index contributed by atoms with van der Waals surface area (Å²) in [5, 5.41) is 2.92. The summed E-state index contributed by atoms with van der Waals surface area (Å²) in [4.78, 5) is 10.9. The highest BCUT2D eigenvalue weighted by Gasteiger charge is 2.23. The molecule has 96 valence electrons. The zero-order valence-corrected chi connectivity index (χ0v) is 10.4. The summed E-state index contributed by atoms with van der Waals surface area (Å²) in [5.41, 5.74) is 2.94. The lowest BCUT2D eigenvalue weighted by atomic mass is 10.3. The van der Waals surface area contributed by atoms with Crippen molar-refractivity contribution in [1.82, 2.24) is 5.32 Å². The number of esters is 1. The van der Waals surface area contributed by atoms with Gasteiger partial charge in [0.15, 0.2) is 0 Å². The number of rotatable bonds is 1. The molecule has 0 spiro atoms. The van der Waals surface area contributed by atoms with E-state index in [4.69, 9.17) is 4.74 Å². The molecule has 1 atom stereocenters. The van der Waals surface area contributed by atoms with Gasteiger partial charge in [-0.25, -0.2) is 0 Å². The van der Waals surface area contributed by atoms with Crippen molar-refractivity contribution in [1.29, 1.82) is 0 Å². The Morgan fingerprint density at radius 1 is 1.44 bits per heavy atom. The quantitative estimate of drug-likeness (QED) is 0.713. The van der Waals surface area contributed by atoms with Crippen LogP contribution in [0.2, 0.25) is 0 Å². The smallest absolute Gasteiger partial charge is 0.326 e. The first-order valence-corrected chi connectivity index (χ1v) is 5.88. The molecule has 3 aliphatic rings. The summed E-state index contributed by atoms with van der Waals surface area (Å²) >= 11 is 0. The summed E-state index contributed by atoms with van der Waals surface area (Å²) in [6.45, 7) is 4.42. The van der Waals surface area contributed by atoms with Gasteiger partial charge in [-0.05, 0) is 17.6 Å². The standard InChI is InChI=1S/C7H11NO3.C7H6/c1-5-3-8-6(4-11-5)7(9)10-2;1-2-7-4-3-6(1)5-7/h6,8H,1,3-4H2,2H3;1-4H,5H2. The Morgan fingerprint density at radius 2 is 2.11 bits per heavy atom. The first-order chi connectivity index (χ1) is 8.69. The zero-order valence-electron chi connectivity index (χ0n) is 10.4. The van der Waals surface area contributed by atoms with Gasteiger partial charge in [-0.1, -0.05) is 30.9 Å². The molecule has 0 aromatic rings. The minimum absolute atomic E-state index is 0.294. The number of methoxy groups -OCH3 is 1. The number of carbonyl (C=O) groups is 1. The molecule has 1 saturated heterocycles. The fourth-order valence-electron chi connectivity index (χ4n) is 1.85. The number of fused-ring (bicyclic) bond motifs is 2. The van der Waals surface area contributed by atoms with Crippen LogP contribution in [0.5, 0.6) is 0 Å². The normalized spacial score (nSPS) is 23.6. The van der Waals surface area contributed by atoms with Crippen molar-refractivity contribution in [2.24, 2.45) is 0 Å². The van der Waals surface area contributed by atoms with E-state index in [0.717, 1.165) is 0 Å². The SMILES string of the molecule is C1=CC2=CC=C1C2.C=C1CNC(C(=O)OC)CO1. The number of nitrogens with one attached hydrogen (secondary N) is 1. The number of ether oxygens (including phenoxy) is 2. The Kier molecular flexibility index (Phi) is 3.99. The Hall–Kier alpha value is -1.81. The molecule has 0 amide bonds. The van der Waals surface area contributed by atoms with Crippen molar-refractivity contribution in [2.45, 2.75) is 12.5 Å². The van der Waals surface area contributed by atoms with Crippen LogP contribution in [-0.4, -0.2) is 32.3 Å². The van der Waals surface area contributed by atoms with E-state index in [1.165, 1.54) is 24.7 Å². The third-order valence-corrected chi connectivity index (χ3v) is 2.92. The first kappa shape index (κ1) is 12.6. The summed E-state index contributed by atoms with van der Waals surface area (Å²) in [7, 11) is 1.35. The van der Waals surface area contributed by atoms with Crippen molar-refractivity contribution < 1.29 is 14.3 Å². The molecule has 2 bridgehead atoms. The van der Waals surface area contributed by atoms with Gasteiger partial charge in [0.1, 0.15) is 18.4 Å². The average molecular weight is 247 g/mol. The fraction of sp³-hybridized carbons (Fsp3) is 0.357. The van der Waals surface area contributed by atoms with Gasteiger partial charge in [0.2, 0.25) is 0 Å². The van der Waals surface area contributed by atoms with Crippen molar-refractivity contribution in [2.75, 3.05) is 20.3 Å². The molecule has 0 radical (unpaired) electrons. The third kappa shape index (κ3) is 3.11. The molecule has 0 aromatic carbocycles. The molecule has 3 rings (SSSR count). The Morgan fingerprint density at radius 3 is 2.44 bits per heavy atom. The highest BCUT2D eigenvalue weighted by atomic mass is 16.5. The van der Waals surface area contributed by atoms with Crippen LogP contribution in [-0.2, 0) is 14.3 Å². The molecule has 1 fully saturated rings. The maximum Gasteiger partial charge on any atom is 0.326 e. The van der Waals surface area contributed by atoms with E-state index < -0.39 is 0 Å². The Balaban J connectivity index is 0.000000146. The first-order valence-electron chi connectivity index (χ1n) is 5.88. The monoisotopic (exact) mass is 247 g/mol. The number of hydrogen-bond acceptors (Lipinski definition) is 4. The van der Waals surface area contributed by atoms with Crippen LogP contribution in [0.15, 0.2) is 47.8 Å². The van der Waals surface area contributed by atoms with E-state index >= 15 is 0 Å². The largest absolute Gasteiger partial charge is 0.495 e. The molecule has 1 unspecified atom stereocenters.